The molecule has 222 valence electrons. The Labute approximate surface area is 261 Å². The van der Waals surface area contributed by atoms with Crippen molar-refractivity contribution in [1.82, 2.24) is 20.1 Å². The number of rotatable bonds is 12. The smallest absolute Gasteiger partial charge is 0.305 e. The number of aromatic amines is 1. The van der Waals surface area contributed by atoms with E-state index in [0.717, 1.165) is 70.1 Å². The minimum atomic E-state index is -0.203. The van der Waals surface area contributed by atoms with Crippen LogP contribution in [-0.4, -0.2) is 40.3 Å². The minimum absolute atomic E-state index is 0.194. The molecule has 0 aliphatic rings. The molecule has 9 heteroatoms. The highest BCUT2D eigenvalue weighted by Gasteiger charge is 2.25. The predicted octanol–water partition coefficient (Wildman–Crippen LogP) is 8.22. The molecule has 2 heterocycles. The molecule has 5 aromatic rings. The van der Waals surface area contributed by atoms with Crippen LogP contribution in [0.5, 0.6) is 0 Å². The van der Waals surface area contributed by atoms with Crippen molar-refractivity contribution in [3.63, 3.8) is 0 Å². The number of halogens is 2. The van der Waals surface area contributed by atoms with Gasteiger partial charge in [0.2, 0.25) is 0 Å². The number of methoxy groups -OCH3 is 1. The van der Waals surface area contributed by atoms with Crippen molar-refractivity contribution < 1.29 is 14.3 Å². The van der Waals surface area contributed by atoms with E-state index in [4.69, 9.17) is 33.0 Å². The number of H-pyrrole nitrogens is 1. The van der Waals surface area contributed by atoms with Gasteiger partial charge in [-0.15, -0.1) is 0 Å². The third-order valence-electron chi connectivity index (χ3n) is 7.49. The number of aryl methyl sites for hydroxylation is 1. The van der Waals surface area contributed by atoms with Crippen molar-refractivity contribution in [2.75, 3.05) is 13.7 Å². The molecule has 3 aromatic carbocycles. The van der Waals surface area contributed by atoms with Crippen molar-refractivity contribution in [2.24, 2.45) is 0 Å². The van der Waals surface area contributed by atoms with Crippen LogP contribution >= 0.6 is 23.2 Å². The molecule has 2 N–H and O–H groups in total. The zero-order chi connectivity index (χ0) is 30.3. The first-order valence-electron chi connectivity index (χ1n) is 14.4. The largest absolute Gasteiger partial charge is 0.469 e. The van der Waals surface area contributed by atoms with E-state index in [1.807, 2.05) is 53.3 Å². The molecule has 0 saturated carbocycles. The molecule has 0 aliphatic carbocycles. The van der Waals surface area contributed by atoms with Gasteiger partial charge in [0.15, 0.2) is 0 Å². The van der Waals surface area contributed by atoms with Gasteiger partial charge in [-0.2, -0.15) is 5.10 Å². The van der Waals surface area contributed by atoms with Crippen LogP contribution in [0.4, 0.5) is 0 Å². The highest BCUT2D eigenvalue weighted by atomic mass is 35.5. The van der Waals surface area contributed by atoms with Crippen molar-refractivity contribution in [3.05, 3.63) is 99.8 Å². The minimum Gasteiger partial charge on any atom is -0.469 e. The standard InChI is InChI=1S/C34H34Cl2N4O3/c1-22-8-12-24(13-9-22)28-20-38-40(21-23-10-14-25(35)15-11-23)33(28)31-27-17-16-26(36)19-29(27)39-32(31)34(42)37-18-6-4-3-5-7-30(41)43-2/h8-17,19-20,39H,3-7,18,21H2,1-2H3,(H,37,42). The van der Waals surface area contributed by atoms with Gasteiger partial charge in [-0.3, -0.25) is 14.3 Å². The number of amides is 1. The number of hydrogen-bond acceptors (Lipinski definition) is 4. The maximum Gasteiger partial charge on any atom is 0.305 e. The number of carbonyl (C=O) groups excluding carboxylic acids is 2. The molecular weight excluding hydrogens is 583 g/mol. The molecule has 0 atom stereocenters. The fourth-order valence-corrected chi connectivity index (χ4v) is 5.50. The highest BCUT2D eigenvalue weighted by molar-refractivity contribution is 6.31. The topological polar surface area (TPSA) is 89.0 Å². The van der Waals surface area contributed by atoms with Crippen LogP contribution in [0.2, 0.25) is 10.0 Å². The molecule has 0 unspecified atom stereocenters. The number of esters is 1. The third-order valence-corrected chi connectivity index (χ3v) is 7.98. The fourth-order valence-electron chi connectivity index (χ4n) is 5.20. The number of hydrogen-bond donors (Lipinski definition) is 2. The Balaban J connectivity index is 1.51. The molecule has 2 aromatic heterocycles. The molecular formula is C34H34Cl2N4O3. The molecule has 0 saturated heterocycles. The lowest BCUT2D eigenvalue weighted by molar-refractivity contribution is -0.140. The van der Waals surface area contributed by atoms with E-state index in [-0.39, 0.29) is 11.9 Å². The Bertz CT molecular complexity index is 1720. The highest BCUT2D eigenvalue weighted by Crippen LogP contribution is 2.40. The monoisotopic (exact) mass is 616 g/mol. The Morgan fingerprint density at radius 2 is 1.65 bits per heavy atom. The number of nitrogens with zero attached hydrogens (tertiary/aromatic N) is 2. The van der Waals surface area contributed by atoms with Gasteiger partial charge in [0.25, 0.3) is 5.91 Å². The van der Waals surface area contributed by atoms with Crippen LogP contribution < -0.4 is 5.32 Å². The first-order valence-corrected chi connectivity index (χ1v) is 15.1. The molecule has 0 aliphatic heterocycles. The summed E-state index contributed by atoms with van der Waals surface area (Å²) in [7, 11) is 1.40. The second-order valence-electron chi connectivity index (χ2n) is 10.6. The molecule has 0 radical (unpaired) electrons. The molecule has 0 bridgehead atoms. The Hall–Kier alpha value is -4.07. The number of fused-ring (bicyclic) bond motifs is 1. The molecule has 5 rings (SSSR count). The molecule has 43 heavy (non-hydrogen) atoms. The molecule has 7 nitrogen and oxygen atoms in total. The van der Waals surface area contributed by atoms with Crippen molar-refractivity contribution in [1.29, 1.82) is 0 Å². The van der Waals surface area contributed by atoms with Crippen molar-refractivity contribution in [2.45, 2.75) is 45.6 Å². The van der Waals surface area contributed by atoms with Crippen molar-refractivity contribution >= 4 is 46.0 Å². The maximum absolute atomic E-state index is 13.8. The van der Waals surface area contributed by atoms with E-state index in [9.17, 15) is 9.59 Å². The predicted molar refractivity (Wildman–Crippen MR) is 173 cm³/mol. The van der Waals surface area contributed by atoms with Gasteiger partial charge in [-0.1, -0.05) is 84.1 Å². The lowest BCUT2D eigenvalue weighted by Gasteiger charge is -2.13. The van der Waals surface area contributed by atoms with Gasteiger partial charge in [0.05, 0.1) is 25.5 Å². The van der Waals surface area contributed by atoms with E-state index >= 15 is 0 Å². The second kappa shape index (κ2) is 13.9. The van der Waals surface area contributed by atoms with Gasteiger partial charge >= 0.3 is 5.97 Å². The van der Waals surface area contributed by atoms with E-state index < -0.39 is 0 Å². The lowest BCUT2D eigenvalue weighted by atomic mass is 9.98. The van der Waals surface area contributed by atoms with E-state index in [2.05, 4.69) is 41.5 Å². The fraction of sp³-hybridized carbons (Fsp3) is 0.265. The van der Waals surface area contributed by atoms with Gasteiger partial charge < -0.3 is 15.0 Å². The van der Waals surface area contributed by atoms with Crippen LogP contribution in [0, 0.1) is 6.92 Å². The van der Waals surface area contributed by atoms with E-state index in [0.29, 0.717) is 35.2 Å². The van der Waals surface area contributed by atoms with Crippen LogP contribution in [0.3, 0.4) is 0 Å². The quantitative estimate of drug-likeness (QED) is 0.109. The second-order valence-corrected chi connectivity index (χ2v) is 11.5. The summed E-state index contributed by atoms with van der Waals surface area (Å²) < 4.78 is 6.64. The number of nitrogens with one attached hydrogen (secondary N) is 2. The average molecular weight is 618 g/mol. The summed E-state index contributed by atoms with van der Waals surface area (Å²) in [4.78, 5) is 28.4. The van der Waals surface area contributed by atoms with Gasteiger partial charge in [0.1, 0.15) is 5.69 Å². The molecule has 0 fully saturated rings. The first kappa shape index (κ1) is 30.4. The summed E-state index contributed by atoms with van der Waals surface area (Å²) in [6.45, 7) is 3.06. The van der Waals surface area contributed by atoms with Crippen LogP contribution in [0.15, 0.2) is 72.9 Å². The summed E-state index contributed by atoms with van der Waals surface area (Å²) in [6.07, 6.45) is 5.64. The van der Waals surface area contributed by atoms with E-state index in [1.54, 1.807) is 0 Å². The third kappa shape index (κ3) is 7.29. The number of unbranched alkanes of at least 4 members (excludes halogenated alkanes) is 3. The summed E-state index contributed by atoms with van der Waals surface area (Å²) in [5.74, 6) is -0.397. The molecule has 1 amide bonds. The summed E-state index contributed by atoms with van der Waals surface area (Å²) in [5.41, 5.74) is 6.94. The van der Waals surface area contributed by atoms with Crippen molar-refractivity contribution in [3.8, 4) is 22.4 Å². The normalized spacial score (nSPS) is 11.2. The zero-order valence-electron chi connectivity index (χ0n) is 24.3. The Morgan fingerprint density at radius 1 is 0.930 bits per heavy atom. The van der Waals surface area contributed by atoms with Crippen LogP contribution in [-0.2, 0) is 16.1 Å². The zero-order valence-corrected chi connectivity index (χ0v) is 25.8. The Morgan fingerprint density at radius 3 is 2.40 bits per heavy atom. The summed E-state index contributed by atoms with van der Waals surface area (Å²) >= 11 is 12.5. The molecule has 0 spiro atoms. The van der Waals surface area contributed by atoms with Crippen LogP contribution in [0.1, 0.15) is 53.7 Å². The SMILES string of the molecule is COC(=O)CCCCCCNC(=O)c1[nH]c2cc(Cl)ccc2c1-c1c(-c2ccc(C)cc2)cnn1Cc1ccc(Cl)cc1. The van der Waals surface area contributed by atoms with Gasteiger partial charge in [-0.25, -0.2) is 0 Å². The van der Waals surface area contributed by atoms with Gasteiger partial charge in [-0.05, 0) is 55.2 Å². The maximum atomic E-state index is 13.8. The number of ether oxygens (including phenoxy) is 1. The average Bonchev–Trinajstić information content (AvgIpc) is 3.58. The number of benzene rings is 3. The number of aromatic nitrogens is 3. The van der Waals surface area contributed by atoms with Gasteiger partial charge in [0, 0.05) is 45.0 Å². The van der Waals surface area contributed by atoms with E-state index in [1.165, 1.54) is 7.11 Å². The summed E-state index contributed by atoms with van der Waals surface area (Å²) in [5, 5.41) is 10.0. The number of carbonyl (C=O) groups is 2. The first-order chi connectivity index (χ1) is 20.8. The lowest BCUT2D eigenvalue weighted by Crippen LogP contribution is -2.25. The summed E-state index contributed by atoms with van der Waals surface area (Å²) in [6, 6.07) is 21.6. The Kier molecular flexibility index (Phi) is 9.85. The van der Waals surface area contributed by atoms with Crippen LogP contribution in [0.25, 0.3) is 33.3 Å².